The molecule has 150 valence electrons. The molecule has 0 atom stereocenters. The van der Waals surface area contributed by atoms with Gasteiger partial charge in [0.2, 0.25) is 0 Å². The van der Waals surface area contributed by atoms with Crippen molar-refractivity contribution in [1.82, 2.24) is 0 Å². The van der Waals surface area contributed by atoms with Crippen LogP contribution < -0.4 is 14.8 Å². The van der Waals surface area contributed by atoms with Crippen LogP contribution in [0.2, 0.25) is 0 Å². The second kappa shape index (κ2) is 9.75. The number of halogens is 1. The minimum Gasteiger partial charge on any atom is -0.493 e. The Hall–Kier alpha value is -3.31. The van der Waals surface area contributed by atoms with Crippen LogP contribution in [0.4, 0.5) is 5.69 Å². The molecule has 1 amide bonds. The van der Waals surface area contributed by atoms with E-state index in [2.05, 4.69) is 21.2 Å². The fourth-order valence-corrected chi connectivity index (χ4v) is 3.06. The van der Waals surface area contributed by atoms with Gasteiger partial charge < -0.3 is 19.9 Å². The van der Waals surface area contributed by atoms with E-state index >= 15 is 0 Å². The molecule has 0 aliphatic rings. The Morgan fingerprint density at radius 3 is 2.66 bits per heavy atom. The number of methoxy groups -OCH3 is 1. The fourth-order valence-electron chi connectivity index (χ4n) is 2.49. The number of carboxylic acid groups (broad SMARTS) is 1. The zero-order chi connectivity index (χ0) is 21.6. The molecule has 0 heterocycles. The molecule has 0 aliphatic heterocycles. The number of carbonyl (C=O) groups is 2. The topological polar surface area (TPSA) is 109 Å². The van der Waals surface area contributed by atoms with Crippen molar-refractivity contribution in [3.05, 3.63) is 57.1 Å². The van der Waals surface area contributed by atoms with Crippen LogP contribution in [0.25, 0.3) is 6.08 Å². The van der Waals surface area contributed by atoms with E-state index in [9.17, 15) is 14.9 Å². The van der Waals surface area contributed by atoms with E-state index in [0.29, 0.717) is 15.7 Å². The molecule has 0 aromatic heterocycles. The number of nitrogens with one attached hydrogen (secondary N) is 1. The minimum absolute atomic E-state index is 0.0981. The number of hydrogen-bond donors (Lipinski definition) is 2. The van der Waals surface area contributed by atoms with Gasteiger partial charge in [-0.15, -0.1) is 0 Å². The number of benzene rings is 2. The van der Waals surface area contributed by atoms with Gasteiger partial charge in [-0.2, -0.15) is 5.26 Å². The molecule has 0 saturated carbocycles. The maximum absolute atomic E-state index is 12.6. The number of anilines is 1. The Kier molecular flexibility index (Phi) is 7.39. The smallest absolute Gasteiger partial charge is 0.341 e. The largest absolute Gasteiger partial charge is 0.493 e. The van der Waals surface area contributed by atoms with Gasteiger partial charge in [0, 0.05) is 5.69 Å². The van der Waals surface area contributed by atoms with Crippen LogP contribution in [0, 0.1) is 25.2 Å². The van der Waals surface area contributed by atoms with Crippen LogP contribution in [0.3, 0.4) is 0 Å². The molecule has 0 radical (unpaired) electrons. The van der Waals surface area contributed by atoms with Crippen molar-refractivity contribution in [1.29, 1.82) is 5.26 Å². The van der Waals surface area contributed by atoms with Gasteiger partial charge in [-0.25, -0.2) is 4.79 Å². The number of nitrogens with zero attached hydrogens (tertiary/aromatic N) is 1. The van der Waals surface area contributed by atoms with Gasteiger partial charge in [-0.1, -0.05) is 12.1 Å². The van der Waals surface area contributed by atoms with Gasteiger partial charge in [0.25, 0.3) is 5.91 Å². The summed E-state index contributed by atoms with van der Waals surface area (Å²) in [6.45, 7) is 3.29. The van der Waals surface area contributed by atoms with Crippen LogP contribution in [-0.2, 0) is 9.59 Å². The highest BCUT2D eigenvalue weighted by Gasteiger charge is 2.15. The quantitative estimate of drug-likeness (QED) is 0.477. The number of rotatable bonds is 7. The van der Waals surface area contributed by atoms with Crippen molar-refractivity contribution in [2.75, 3.05) is 19.0 Å². The van der Waals surface area contributed by atoms with Gasteiger partial charge in [0.15, 0.2) is 18.1 Å². The maximum Gasteiger partial charge on any atom is 0.341 e. The molecule has 0 fully saturated rings. The van der Waals surface area contributed by atoms with Gasteiger partial charge in [-0.05, 0) is 70.7 Å². The normalized spacial score (nSPS) is 10.8. The highest BCUT2D eigenvalue weighted by Crippen LogP contribution is 2.37. The molecule has 7 nitrogen and oxygen atoms in total. The predicted molar refractivity (Wildman–Crippen MR) is 112 cm³/mol. The molecule has 29 heavy (non-hydrogen) atoms. The van der Waals surface area contributed by atoms with Crippen molar-refractivity contribution in [2.45, 2.75) is 13.8 Å². The lowest BCUT2D eigenvalue weighted by atomic mass is 10.1. The summed E-state index contributed by atoms with van der Waals surface area (Å²) in [6.07, 6.45) is 1.41. The molecule has 0 saturated heterocycles. The van der Waals surface area contributed by atoms with E-state index in [1.807, 2.05) is 32.0 Å². The molecular formula is C21H19BrN2O5. The Labute approximate surface area is 176 Å². The van der Waals surface area contributed by atoms with Crippen LogP contribution in [0.5, 0.6) is 11.5 Å². The second-order valence-corrected chi connectivity index (χ2v) is 6.94. The van der Waals surface area contributed by atoms with E-state index in [1.165, 1.54) is 13.2 Å². The van der Waals surface area contributed by atoms with Crippen molar-refractivity contribution < 1.29 is 24.2 Å². The highest BCUT2D eigenvalue weighted by molar-refractivity contribution is 9.10. The third-order valence-electron chi connectivity index (χ3n) is 4.12. The number of carboxylic acids is 1. The number of aryl methyl sites for hydroxylation is 1. The number of nitriles is 1. The van der Waals surface area contributed by atoms with Crippen molar-refractivity contribution in [2.24, 2.45) is 0 Å². The molecule has 2 aromatic rings. The first-order valence-corrected chi connectivity index (χ1v) is 9.27. The lowest BCUT2D eigenvalue weighted by Gasteiger charge is -2.13. The monoisotopic (exact) mass is 458 g/mol. The summed E-state index contributed by atoms with van der Waals surface area (Å²) in [4.78, 5) is 23.3. The van der Waals surface area contributed by atoms with E-state index in [4.69, 9.17) is 14.6 Å². The highest BCUT2D eigenvalue weighted by atomic mass is 79.9. The summed E-state index contributed by atoms with van der Waals surface area (Å²) in [5.41, 5.74) is 2.98. The van der Waals surface area contributed by atoms with Crippen molar-refractivity contribution in [3.8, 4) is 17.6 Å². The van der Waals surface area contributed by atoms with Gasteiger partial charge in [0.05, 0.1) is 11.6 Å². The Balaban J connectivity index is 2.33. The Bertz CT molecular complexity index is 1020. The first-order chi connectivity index (χ1) is 13.8. The van der Waals surface area contributed by atoms with E-state index in [1.54, 1.807) is 18.2 Å². The zero-order valence-electron chi connectivity index (χ0n) is 16.1. The molecule has 0 spiro atoms. The summed E-state index contributed by atoms with van der Waals surface area (Å²) in [5, 5.41) is 21.0. The molecule has 0 aliphatic carbocycles. The summed E-state index contributed by atoms with van der Waals surface area (Å²) in [7, 11) is 1.40. The van der Waals surface area contributed by atoms with Crippen LogP contribution in [0.1, 0.15) is 16.7 Å². The summed E-state index contributed by atoms with van der Waals surface area (Å²) < 4.78 is 10.9. The summed E-state index contributed by atoms with van der Waals surface area (Å²) >= 11 is 3.30. The van der Waals surface area contributed by atoms with Gasteiger partial charge in [-0.3, -0.25) is 4.79 Å². The SMILES string of the molecule is COc1cc(/C=C(\C#N)C(=O)Nc2cccc(C)c2C)cc(Br)c1OCC(=O)O. The molecule has 0 unspecified atom stereocenters. The number of hydrogen-bond acceptors (Lipinski definition) is 5. The van der Waals surface area contributed by atoms with E-state index < -0.39 is 18.5 Å². The number of amides is 1. The zero-order valence-corrected chi connectivity index (χ0v) is 17.7. The molecule has 2 aromatic carbocycles. The number of aliphatic carboxylic acids is 1. The van der Waals surface area contributed by atoms with E-state index in [-0.39, 0.29) is 17.1 Å². The van der Waals surface area contributed by atoms with Crippen LogP contribution in [-0.4, -0.2) is 30.7 Å². The Morgan fingerprint density at radius 1 is 1.31 bits per heavy atom. The molecule has 0 bridgehead atoms. The fraction of sp³-hybridized carbons (Fsp3) is 0.190. The van der Waals surface area contributed by atoms with Crippen molar-refractivity contribution in [3.63, 3.8) is 0 Å². The van der Waals surface area contributed by atoms with Gasteiger partial charge in [0.1, 0.15) is 11.6 Å². The average molecular weight is 459 g/mol. The standard InChI is InChI=1S/C21H19BrN2O5/c1-12-5-4-6-17(13(12)2)24-21(27)15(10-23)7-14-8-16(22)20(18(9-14)28-3)29-11-19(25)26/h4-9H,11H2,1-3H3,(H,24,27)(H,25,26)/b15-7+. The molecular weight excluding hydrogens is 440 g/mol. The lowest BCUT2D eigenvalue weighted by molar-refractivity contribution is -0.139. The third kappa shape index (κ3) is 5.59. The first-order valence-electron chi connectivity index (χ1n) is 8.48. The first kappa shape index (κ1) is 22.0. The second-order valence-electron chi connectivity index (χ2n) is 6.09. The van der Waals surface area contributed by atoms with Crippen LogP contribution >= 0.6 is 15.9 Å². The number of carbonyl (C=O) groups excluding carboxylic acids is 1. The Morgan fingerprint density at radius 2 is 2.03 bits per heavy atom. The molecule has 8 heteroatoms. The molecule has 2 rings (SSSR count). The van der Waals surface area contributed by atoms with Gasteiger partial charge >= 0.3 is 5.97 Å². The average Bonchev–Trinajstić information content (AvgIpc) is 2.68. The maximum atomic E-state index is 12.6. The molecule has 2 N–H and O–H groups in total. The summed E-state index contributed by atoms with van der Waals surface area (Å²) in [6, 6.07) is 10.6. The number of ether oxygens (including phenoxy) is 2. The summed E-state index contributed by atoms with van der Waals surface area (Å²) in [5.74, 6) is -1.19. The predicted octanol–water partition coefficient (Wildman–Crippen LogP) is 4.08. The lowest BCUT2D eigenvalue weighted by Crippen LogP contribution is -2.14. The van der Waals surface area contributed by atoms with E-state index in [0.717, 1.165) is 11.1 Å². The van der Waals surface area contributed by atoms with Crippen LogP contribution in [0.15, 0.2) is 40.4 Å². The third-order valence-corrected chi connectivity index (χ3v) is 4.71. The van der Waals surface area contributed by atoms with Crippen molar-refractivity contribution >= 4 is 39.6 Å². The minimum atomic E-state index is -1.13.